The number of benzene rings is 8. The molecule has 0 amide bonds. The highest BCUT2D eigenvalue weighted by Crippen LogP contribution is 2.38. The minimum absolute atomic E-state index is 0.415. The van der Waals surface area contributed by atoms with Gasteiger partial charge in [0, 0.05) is 27.5 Å². The van der Waals surface area contributed by atoms with Crippen LogP contribution < -0.4 is 0 Å². The summed E-state index contributed by atoms with van der Waals surface area (Å²) in [6.07, 6.45) is 0. The third-order valence-electron chi connectivity index (χ3n) is 9.69. The predicted molar refractivity (Wildman–Crippen MR) is 209 cm³/mol. The fourth-order valence-corrected chi connectivity index (χ4v) is 7.19. The maximum absolute atomic E-state index is 8.34. The van der Waals surface area contributed by atoms with E-state index in [2.05, 4.69) is 103 Å². The van der Waals surface area contributed by atoms with Crippen molar-refractivity contribution in [3.63, 3.8) is 0 Å². The molecule has 0 fully saturated rings. The van der Waals surface area contributed by atoms with Crippen molar-refractivity contribution in [2.45, 2.75) is 0 Å². The molecule has 2 aromatic heterocycles. The van der Waals surface area contributed by atoms with Gasteiger partial charge in [-0.3, -0.25) is 0 Å². The van der Waals surface area contributed by atoms with Gasteiger partial charge >= 0.3 is 0 Å². The molecule has 0 saturated heterocycles. The maximum atomic E-state index is 8.34. The third-order valence-corrected chi connectivity index (χ3v) is 9.69. The Labute approximate surface area is 295 Å². The van der Waals surface area contributed by atoms with Crippen molar-refractivity contribution in [1.29, 1.82) is 0 Å². The van der Waals surface area contributed by atoms with Gasteiger partial charge in [-0.05, 0) is 62.0 Å². The first-order valence-corrected chi connectivity index (χ1v) is 17.0. The van der Waals surface area contributed by atoms with E-state index >= 15 is 0 Å². The SMILES string of the molecule is [2H]c1ccc2oc3cccc(-c4nc(-c5ccc(-c6ccc7ccc8ccccc8c7c6)cc5)nc(-c5ccccc5-c5ccccc5)n4)c3c2c1. The second-order valence-corrected chi connectivity index (χ2v) is 12.7. The van der Waals surface area contributed by atoms with E-state index in [-0.39, 0.29) is 0 Å². The van der Waals surface area contributed by atoms with Crippen molar-refractivity contribution in [3.05, 3.63) is 176 Å². The summed E-state index contributed by atoms with van der Waals surface area (Å²) in [7, 11) is 0. The van der Waals surface area contributed by atoms with Gasteiger partial charge in [0.2, 0.25) is 0 Å². The van der Waals surface area contributed by atoms with Gasteiger partial charge in [-0.1, -0.05) is 158 Å². The molecule has 238 valence electrons. The average molecular weight is 653 g/mol. The van der Waals surface area contributed by atoms with E-state index < -0.39 is 0 Å². The van der Waals surface area contributed by atoms with Gasteiger partial charge in [0.25, 0.3) is 0 Å². The number of hydrogen-bond donors (Lipinski definition) is 0. The zero-order valence-electron chi connectivity index (χ0n) is 28.4. The van der Waals surface area contributed by atoms with Gasteiger partial charge in [0.15, 0.2) is 17.5 Å². The summed E-state index contributed by atoms with van der Waals surface area (Å²) >= 11 is 0. The van der Waals surface area contributed by atoms with Crippen LogP contribution in [-0.4, -0.2) is 15.0 Å². The highest BCUT2D eigenvalue weighted by Gasteiger charge is 2.19. The first-order chi connectivity index (χ1) is 25.7. The van der Waals surface area contributed by atoms with Gasteiger partial charge in [-0.25, -0.2) is 15.0 Å². The number of rotatable bonds is 5. The lowest BCUT2D eigenvalue weighted by molar-refractivity contribution is 0.669. The Hall–Kier alpha value is -6.91. The summed E-state index contributed by atoms with van der Waals surface area (Å²) in [5.41, 5.74) is 8.45. The smallest absolute Gasteiger partial charge is 0.164 e. The van der Waals surface area contributed by atoms with Crippen molar-refractivity contribution in [3.8, 4) is 56.4 Å². The zero-order chi connectivity index (χ0) is 34.6. The van der Waals surface area contributed by atoms with Crippen molar-refractivity contribution in [2.24, 2.45) is 0 Å². The van der Waals surface area contributed by atoms with E-state index in [0.717, 1.165) is 60.9 Å². The number of furan rings is 1. The van der Waals surface area contributed by atoms with Crippen LogP contribution in [0.25, 0.3) is 99.9 Å². The molecule has 0 aliphatic rings. The minimum atomic E-state index is 0.415. The summed E-state index contributed by atoms with van der Waals surface area (Å²) in [4.78, 5) is 15.4. The van der Waals surface area contributed by atoms with Crippen molar-refractivity contribution in [2.75, 3.05) is 0 Å². The standard InChI is InChI=1S/C47H29N3O/c1-2-11-31(12-3-1)36-14-6-7-16-38(36)46-48-45(49-47(50-46)40-18-10-20-43-44(40)39-17-8-9-19-42(39)51-43)34-26-21-30(22-27-34)35-28-25-33-24-23-32-13-4-5-15-37(32)41(33)29-35/h1-29H/i8D. The Morgan fingerprint density at radius 1 is 0.373 bits per heavy atom. The number of fused-ring (bicyclic) bond motifs is 6. The highest BCUT2D eigenvalue weighted by atomic mass is 16.3. The van der Waals surface area contributed by atoms with Gasteiger partial charge in [0.1, 0.15) is 11.2 Å². The quantitative estimate of drug-likeness (QED) is 0.174. The molecule has 0 spiro atoms. The van der Waals surface area contributed by atoms with Crippen LogP contribution in [0.1, 0.15) is 1.37 Å². The van der Waals surface area contributed by atoms with Crippen molar-refractivity contribution < 1.29 is 5.79 Å². The molecule has 0 atom stereocenters. The number of nitrogens with zero attached hydrogens (tertiary/aromatic N) is 3. The Bertz CT molecular complexity index is 2970. The maximum Gasteiger partial charge on any atom is 0.164 e. The molecule has 10 rings (SSSR count). The Kier molecular flexibility index (Phi) is 6.53. The molecule has 10 aromatic rings. The molecule has 0 bridgehead atoms. The molecular formula is C47H29N3O. The predicted octanol–water partition coefficient (Wildman–Crippen LogP) is 12.4. The van der Waals surface area contributed by atoms with E-state index in [1.165, 1.54) is 21.5 Å². The summed E-state index contributed by atoms with van der Waals surface area (Å²) in [5.74, 6) is 1.69. The van der Waals surface area contributed by atoms with Gasteiger partial charge in [0.05, 0.1) is 1.37 Å². The Morgan fingerprint density at radius 2 is 1.00 bits per heavy atom. The average Bonchev–Trinajstić information content (AvgIpc) is 3.59. The second kappa shape index (κ2) is 11.9. The molecule has 2 heterocycles. The lowest BCUT2D eigenvalue weighted by atomic mass is 9.96. The molecule has 0 aliphatic heterocycles. The lowest BCUT2D eigenvalue weighted by Gasteiger charge is -2.13. The van der Waals surface area contributed by atoms with E-state index in [1.807, 2.05) is 60.7 Å². The molecule has 51 heavy (non-hydrogen) atoms. The van der Waals surface area contributed by atoms with Crippen LogP contribution in [0.4, 0.5) is 0 Å². The van der Waals surface area contributed by atoms with Crippen LogP contribution >= 0.6 is 0 Å². The molecule has 4 heteroatoms. The minimum Gasteiger partial charge on any atom is -0.456 e. The molecule has 4 nitrogen and oxygen atoms in total. The lowest BCUT2D eigenvalue weighted by Crippen LogP contribution is -2.01. The Balaban J connectivity index is 1.15. The number of hydrogen-bond acceptors (Lipinski definition) is 4. The zero-order valence-corrected chi connectivity index (χ0v) is 27.4. The fraction of sp³-hybridized carbons (Fsp3) is 0. The van der Waals surface area contributed by atoms with Crippen LogP contribution in [0.3, 0.4) is 0 Å². The number of aromatic nitrogens is 3. The summed E-state index contributed by atoms with van der Waals surface area (Å²) < 4.78 is 14.6. The normalized spacial score (nSPS) is 11.8. The Morgan fingerprint density at radius 3 is 1.86 bits per heavy atom. The third kappa shape index (κ3) is 5.04. The van der Waals surface area contributed by atoms with Crippen molar-refractivity contribution >= 4 is 43.5 Å². The highest BCUT2D eigenvalue weighted by molar-refractivity contribution is 6.12. The summed E-state index contributed by atoms with van der Waals surface area (Å²) in [5, 5.41) is 6.68. The van der Waals surface area contributed by atoms with Gasteiger partial charge in [-0.15, -0.1) is 0 Å². The van der Waals surface area contributed by atoms with Gasteiger partial charge in [-0.2, -0.15) is 0 Å². The second-order valence-electron chi connectivity index (χ2n) is 12.7. The molecule has 0 saturated carbocycles. The van der Waals surface area contributed by atoms with Crippen molar-refractivity contribution in [1.82, 2.24) is 15.0 Å². The van der Waals surface area contributed by atoms with E-state index in [0.29, 0.717) is 23.5 Å². The first kappa shape index (κ1) is 28.0. The topological polar surface area (TPSA) is 51.8 Å². The van der Waals surface area contributed by atoms with Crippen LogP contribution in [-0.2, 0) is 0 Å². The van der Waals surface area contributed by atoms with Crippen LogP contribution in [0, 0.1) is 0 Å². The van der Waals surface area contributed by atoms with Crippen LogP contribution in [0.2, 0.25) is 0 Å². The van der Waals surface area contributed by atoms with E-state index in [1.54, 1.807) is 6.07 Å². The van der Waals surface area contributed by atoms with Crippen LogP contribution in [0.15, 0.2) is 180 Å². The largest absolute Gasteiger partial charge is 0.456 e. The molecule has 0 N–H and O–H groups in total. The van der Waals surface area contributed by atoms with E-state index in [4.69, 9.17) is 20.7 Å². The summed E-state index contributed by atoms with van der Waals surface area (Å²) in [6.45, 7) is 0. The molecule has 8 aromatic carbocycles. The molecule has 0 aliphatic carbocycles. The monoisotopic (exact) mass is 652 g/mol. The molecular weight excluding hydrogens is 623 g/mol. The van der Waals surface area contributed by atoms with Gasteiger partial charge < -0.3 is 4.42 Å². The summed E-state index contributed by atoms with van der Waals surface area (Å²) in [6, 6.07) is 58.4. The first-order valence-electron chi connectivity index (χ1n) is 17.5. The van der Waals surface area contributed by atoms with E-state index in [9.17, 15) is 0 Å². The molecule has 0 unspecified atom stereocenters. The van der Waals surface area contributed by atoms with Crippen LogP contribution in [0.5, 0.6) is 0 Å². The molecule has 0 radical (unpaired) electrons. The number of para-hydroxylation sites is 1. The fourth-order valence-electron chi connectivity index (χ4n) is 7.19.